The van der Waals surface area contributed by atoms with Crippen LogP contribution in [0.5, 0.6) is 0 Å². The maximum Gasteiger partial charge on any atom is 0.232 e. The average molecular weight is 276 g/mol. The molecule has 1 rings (SSSR count). The van der Waals surface area contributed by atoms with Gasteiger partial charge in [0.1, 0.15) is 0 Å². The largest absolute Gasteiger partial charge is 0.392 e. The normalized spacial score (nSPS) is 28.1. The topological polar surface area (TPSA) is 72.2 Å². The Morgan fingerprint density at radius 2 is 2.06 bits per heavy atom. The lowest BCUT2D eigenvalue weighted by Gasteiger charge is -2.30. The highest BCUT2D eigenvalue weighted by molar-refractivity contribution is 7.85. The minimum Gasteiger partial charge on any atom is -0.392 e. The Bertz CT molecular complexity index is 336. The molecule has 6 heteroatoms. The predicted octanol–water partition coefficient (Wildman–Crippen LogP) is 0.716. The maximum atomic E-state index is 12.1. The second-order valence-electron chi connectivity index (χ2n) is 4.65. The molecule has 1 atom stereocenters. The van der Waals surface area contributed by atoms with Crippen LogP contribution in [-0.2, 0) is 15.6 Å². The summed E-state index contributed by atoms with van der Waals surface area (Å²) in [6, 6.07) is 0.112. The third-order valence-electron chi connectivity index (χ3n) is 3.48. The fourth-order valence-corrected chi connectivity index (χ4v) is 3.27. The fraction of sp³-hybridized carbons (Fsp3) is 0.818. The first-order valence-electron chi connectivity index (χ1n) is 5.86. The van der Waals surface area contributed by atoms with Crippen LogP contribution < -0.4 is 11.1 Å². The first-order chi connectivity index (χ1) is 7.90. The first-order valence-corrected chi connectivity index (χ1v) is 7.75. The van der Waals surface area contributed by atoms with Crippen molar-refractivity contribution in [3.05, 3.63) is 0 Å². The van der Waals surface area contributed by atoms with E-state index in [1.165, 1.54) is 0 Å². The van der Waals surface area contributed by atoms with Crippen LogP contribution in [0.4, 0.5) is 0 Å². The SMILES string of the molecule is CCC(C)(C(=O)NC1CCS(=O)CC1)C(N)=S. The van der Waals surface area contributed by atoms with E-state index >= 15 is 0 Å². The lowest BCUT2D eigenvalue weighted by molar-refractivity contribution is -0.127. The van der Waals surface area contributed by atoms with E-state index in [0.29, 0.717) is 17.9 Å². The van der Waals surface area contributed by atoms with Crippen molar-refractivity contribution in [1.29, 1.82) is 0 Å². The summed E-state index contributed by atoms with van der Waals surface area (Å²) < 4.78 is 11.2. The smallest absolute Gasteiger partial charge is 0.232 e. The predicted molar refractivity (Wildman–Crippen MR) is 74.2 cm³/mol. The standard InChI is InChI=1S/C11H20N2O2S2/c1-3-11(2,9(12)16)10(14)13-8-4-6-17(15)7-5-8/h8H,3-7H2,1-2H3,(H2,12,16)(H,13,14). The van der Waals surface area contributed by atoms with Crippen molar-refractivity contribution in [1.82, 2.24) is 5.32 Å². The van der Waals surface area contributed by atoms with Gasteiger partial charge in [-0.25, -0.2) is 0 Å². The van der Waals surface area contributed by atoms with Gasteiger partial charge in [0.05, 0.1) is 10.4 Å². The highest BCUT2D eigenvalue weighted by atomic mass is 32.2. The van der Waals surface area contributed by atoms with E-state index in [9.17, 15) is 9.00 Å². The van der Waals surface area contributed by atoms with Crippen molar-refractivity contribution in [3.8, 4) is 0 Å². The molecule has 1 saturated heterocycles. The van der Waals surface area contributed by atoms with Gasteiger partial charge in [-0.2, -0.15) is 0 Å². The number of nitrogens with two attached hydrogens (primary N) is 1. The number of nitrogens with one attached hydrogen (secondary N) is 1. The molecular formula is C11H20N2O2S2. The molecule has 4 nitrogen and oxygen atoms in total. The van der Waals surface area contributed by atoms with E-state index in [2.05, 4.69) is 5.32 Å². The van der Waals surface area contributed by atoms with Gasteiger partial charge < -0.3 is 11.1 Å². The average Bonchev–Trinajstić information content (AvgIpc) is 2.30. The number of hydrogen-bond donors (Lipinski definition) is 2. The number of amides is 1. The zero-order valence-electron chi connectivity index (χ0n) is 10.3. The quantitative estimate of drug-likeness (QED) is 0.742. The van der Waals surface area contributed by atoms with E-state index < -0.39 is 16.2 Å². The van der Waals surface area contributed by atoms with Crippen LogP contribution >= 0.6 is 12.2 Å². The van der Waals surface area contributed by atoms with Crippen LogP contribution in [0.3, 0.4) is 0 Å². The maximum absolute atomic E-state index is 12.1. The molecule has 1 aliphatic heterocycles. The molecule has 1 aliphatic rings. The minimum atomic E-state index is -0.772. The molecule has 0 aromatic rings. The second-order valence-corrected chi connectivity index (χ2v) is 6.78. The summed E-state index contributed by atoms with van der Waals surface area (Å²) >= 11 is 4.96. The van der Waals surface area contributed by atoms with Crippen LogP contribution in [0.2, 0.25) is 0 Å². The molecule has 0 aromatic carbocycles. The summed E-state index contributed by atoms with van der Waals surface area (Å²) in [6.45, 7) is 3.67. The summed E-state index contributed by atoms with van der Waals surface area (Å²) in [5.41, 5.74) is 4.86. The number of rotatable bonds is 4. The van der Waals surface area contributed by atoms with E-state index in [1.54, 1.807) is 6.92 Å². The van der Waals surface area contributed by atoms with E-state index in [1.807, 2.05) is 6.92 Å². The first kappa shape index (κ1) is 14.6. The molecule has 17 heavy (non-hydrogen) atoms. The van der Waals surface area contributed by atoms with Crippen molar-refractivity contribution in [2.24, 2.45) is 11.1 Å². The lowest BCUT2D eigenvalue weighted by Crippen LogP contribution is -2.50. The number of carbonyl (C=O) groups excluding carboxylic acids is 1. The Balaban J connectivity index is 2.59. The third-order valence-corrected chi connectivity index (χ3v) is 5.31. The molecule has 1 amide bonds. The Hall–Kier alpha value is -0.490. The lowest BCUT2D eigenvalue weighted by atomic mass is 9.86. The van der Waals surface area contributed by atoms with Gasteiger partial charge in [0.15, 0.2) is 0 Å². The Morgan fingerprint density at radius 1 is 1.53 bits per heavy atom. The van der Waals surface area contributed by atoms with Crippen LogP contribution in [0.1, 0.15) is 33.1 Å². The molecule has 0 aliphatic carbocycles. The molecule has 0 spiro atoms. The summed E-state index contributed by atoms with van der Waals surface area (Å²) in [4.78, 5) is 12.4. The molecule has 98 valence electrons. The molecule has 0 aromatic heterocycles. The van der Waals surface area contributed by atoms with Gasteiger partial charge in [0, 0.05) is 28.3 Å². The van der Waals surface area contributed by atoms with Gasteiger partial charge in [0.25, 0.3) is 0 Å². The van der Waals surface area contributed by atoms with E-state index in [0.717, 1.165) is 12.8 Å². The molecule has 1 fully saturated rings. The Labute approximate surface area is 110 Å². The highest BCUT2D eigenvalue weighted by Gasteiger charge is 2.36. The van der Waals surface area contributed by atoms with Gasteiger partial charge in [-0.1, -0.05) is 19.1 Å². The van der Waals surface area contributed by atoms with Crippen LogP contribution in [0.25, 0.3) is 0 Å². The van der Waals surface area contributed by atoms with Crippen molar-refractivity contribution in [2.75, 3.05) is 11.5 Å². The molecule has 1 unspecified atom stereocenters. The van der Waals surface area contributed by atoms with E-state index in [-0.39, 0.29) is 16.9 Å². The molecule has 0 bridgehead atoms. The number of thiocarbonyl (C=S) groups is 1. The Morgan fingerprint density at radius 3 is 2.47 bits per heavy atom. The second kappa shape index (κ2) is 5.91. The summed E-state index contributed by atoms with van der Waals surface area (Å²) in [5, 5.41) is 2.97. The fourth-order valence-electron chi connectivity index (χ4n) is 1.73. The summed E-state index contributed by atoms with van der Waals surface area (Å²) in [6.07, 6.45) is 2.14. The van der Waals surface area contributed by atoms with Crippen LogP contribution in [0.15, 0.2) is 0 Å². The van der Waals surface area contributed by atoms with E-state index in [4.69, 9.17) is 18.0 Å². The van der Waals surface area contributed by atoms with Gasteiger partial charge in [-0.05, 0) is 26.2 Å². The number of hydrogen-bond acceptors (Lipinski definition) is 3. The van der Waals surface area contributed by atoms with Crippen LogP contribution in [0, 0.1) is 5.41 Å². The third kappa shape index (κ3) is 3.48. The summed E-state index contributed by atoms with van der Waals surface area (Å²) in [7, 11) is -0.709. The monoisotopic (exact) mass is 276 g/mol. The molecule has 0 radical (unpaired) electrons. The van der Waals surface area contributed by atoms with Crippen molar-refractivity contribution in [2.45, 2.75) is 39.2 Å². The molecular weight excluding hydrogens is 256 g/mol. The highest BCUT2D eigenvalue weighted by Crippen LogP contribution is 2.23. The zero-order valence-corrected chi connectivity index (χ0v) is 12.0. The molecule has 1 heterocycles. The van der Waals surface area contributed by atoms with Crippen molar-refractivity contribution < 1.29 is 9.00 Å². The van der Waals surface area contributed by atoms with Gasteiger partial charge in [-0.3, -0.25) is 9.00 Å². The van der Waals surface area contributed by atoms with Crippen LogP contribution in [-0.4, -0.2) is 32.7 Å². The molecule has 3 N–H and O–H groups in total. The van der Waals surface area contributed by atoms with Crippen molar-refractivity contribution in [3.63, 3.8) is 0 Å². The Kier molecular flexibility index (Phi) is 5.06. The molecule has 0 saturated carbocycles. The number of carbonyl (C=O) groups is 1. The van der Waals surface area contributed by atoms with Gasteiger partial charge in [0.2, 0.25) is 5.91 Å². The zero-order chi connectivity index (χ0) is 13.1. The van der Waals surface area contributed by atoms with Gasteiger partial charge >= 0.3 is 0 Å². The minimum absolute atomic E-state index is 0.106. The summed E-state index contributed by atoms with van der Waals surface area (Å²) in [5.74, 6) is 1.23. The van der Waals surface area contributed by atoms with Crippen molar-refractivity contribution >= 4 is 33.9 Å². The van der Waals surface area contributed by atoms with Gasteiger partial charge in [-0.15, -0.1) is 0 Å².